The molecule has 5 nitrogen and oxygen atoms in total. The van der Waals surface area contributed by atoms with Crippen LogP contribution in [0.3, 0.4) is 0 Å². The quantitative estimate of drug-likeness (QED) is 0.752. The molecule has 0 saturated heterocycles. The van der Waals surface area contributed by atoms with Crippen LogP contribution in [0.15, 0.2) is 36.4 Å². The number of aryl methyl sites for hydroxylation is 1. The van der Waals surface area contributed by atoms with E-state index in [2.05, 4.69) is 58.5 Å². The van der Waals surface area contributed by atoms with Crippen molar-refractivity contribution in [2.45, 2.75) is 19.8 Å². The second-order valence-electron chi connectivity index (χ2n) is 5.27. The molecular weight excluding hydrogens is 262 g/mol. The number of nitrogens with zero attached hydrogens (tertiary/aromatic N) is 3. The Bertz CT molecular complexity index is 813. The number of benzene rings is 2. The lowest BCUT2D eigenvalue weighted by molar-refractivity contribution is 0.813. The Balaban J connectivity index is 2.04. The molecule has 1 aromatic heterocycles. The number of aromatic nitrogens is 3. The van der Waals surface area contributed by atoms with Crippen molar-refractivity contribution in [3.05, 3.63) is 53.2 Å². The molecule has 0 amide bonds. The molecule has 21 heavy (non-hydrogen) atoms. The van der Waals surface area contributed by atoms with Crippen molar-refractivity contribution in [2.75, 3.05) is 11.5 Å². The third-order valence-electron chi connectivity index (χ3n) is 3.69. The Hall–Kier alpha value is -2.69. The van der Waals surface area contributed by atoms with E-state index in [1.807, 2.05) is 6.92 Å². The lowest BCUT2D eigenvalue weighted by Gasteiger charge is -2.13. The molecule has 0 radical (unpaired) electrons. The largest absolute Gasteiger partial charge is 0.382 e. The maximum atomic E-state index is 5.90. The number of anilines is 2. The van der Waals surface area contributed by atoms with Crippen LogP contribution in [0, 0.1) is 6.92 Å². The maximum absolute atomic E-state index is 5.90. The monoisotopic (exact) mass is 279 g/mol. The molecule has 0 aliphatic heterocycles. The van der Waals surface area contributed by atoms with Gasteiger partial charge in [-0.2, -0.15) is 4.98 Å². The number of hydrogen-bond donors (Lipinski definition) is 2. The second-order valence-corrected chi connectivity index (χ2v) is 5.27. The third kappa shape index (κ3) is 2.50. The maximum Gasteiger partial charge on any atom is 0.242 e. The molecule has 1 atom stereocenters. The van der Waals surface area contributed by atoms with Crippen molar-refractivity contribution in [2.24, 2.45) is 0 Å². The summed E-state index contributed by atoms with van der Waals surface area (Å²) in [7, 11) is 0. The zero-order valence-electron chi connectivity index (χ0n) is 12.0. The minimum atomic E-state index is 0.0105. The summed E-state index contributed by atoms with van der Waals surface area (Å²) in [5.74, 6) is 0.438. The predicted molar refractivity (Wildman–Crippen MR) is 84.9 cm³/mol. The molecule has 1 heterocycles. The van der Waals surface area contributed by atoms with Crippen LogP contribution in [-0.2, 0) is 0 Å². The number of nitrogens with two attached hydrogens (primary N) is 2. The molecule has 4 N–H and O–H groups in total. The Kier molecular flexibility index (Phi) is 3.17. The van der Waals surface area contributed by atoms with E-state index in [1.54, 1.807) is 0 Å². The SMILES string of the molecule is Cc1ccc2cc(C(C)c3nnc(N)nc3N)ccc2c1. The molecule has 2 aromatic carbocycles. The van der Waals surface area contributed by atoms with E-state index >= 15 is 0 Å². The Labute approximate surface area is 123 Å². The Morgan fingerprint density at radius 3 is 2.43 bits per heavy atom. The van der Waals surface area contributed by atoms with Crippen LogP contribution in [0.4, 0.5) is 11.8 Å². The van der Waals surface area contributed by atoms with Gasteiger partial charge in [0.25, 0.3) is 0 Å². The number of fused-ring (bicyclic) bond motifs is 1. The summed E-state index contributed by atoms with van der Waals surface area (Å²) in [4.78, 5) is 3.98. The van der Waals surface area contributed by atoms with Gasteiger partial charge in [-0.3, -0.25) is 0 Å². The molecule has 0 saturated carbocycles. The van der Waals surface area contributed by atoms with Crippen LogP contribution in [0.1, 0.15) is 29.7 Å². The van der Waals surface area contributed by atoms with Crippen LogP contribution in [0.25, 0.3) is 10.8 Å². The van der Waals surface area contributed by atoms with E-state index in [9.17, 15) is 0 Å². The summed E-state index contributed by atoms with van der Waals surface area (Å²) in [5, 5.41) is 10.3. The molecule has 0 aliphatic rings. The fourth-order valence-corrected chi connectivity index (χ4v) is 2.48. The van der Waals surface area contributed by atoms with Crippen molar-refractivity contribution in [1.29, 1.82) is 0 Å². The van der Waals surface area contributed by atoms with E-state index in [1.165, 1.54) is 16.3 Å². The first-order valence-electron chi connectivity index (χ1n) is 6.80. The fraction of sp³-hybridized carbons (Fsp3) is 0.188. The first-order valence-corrected chi connectivity index (χ1v) is 6.80. The summed E-state index contributed by atoms with van der Waals surface area (Å²) in [6, 6.07) is 12.7. The van der Waals surface area contributed by atoms with Gasteiger partial charge < -0.3 is 11.5 Å². The van der Waals surface area contributed by atoms with E-state index in [0.29, 0.717) is 11.5 Å². The molecular formula is C16H17N5. The molecule has 0 aliphatic carbocycles. The van der Waals surface area contributed by atoms with Gasteiger partial charge in [0.2, 0.25) is 5.95 Å². The third-order valence-corrected chi connectivity index (χ3v) is 3.69. The zero-order chi connectivity index (χ0) is 15.0. The molecule has 0 spiro atoms. The highest BCUT2D eigenvalue weighted by atomic mass is 15.2. The van der Waals surface area contributed by atoms with Gasteiger partial charge in [-0.05, 0) is 23.3 Å². The predicted octanol–water partition coefficient (Wildman–Crippen LogP) is 2.65. The highest BCUT2D eigenvalue weighted by molar-refractivity contribution is 5.84. The van der Waals surface area contributed by atoms with E-state index < -0.39 is 0 Å². The average molecular weight is 279 g/mol. The van der Waals surface area contributed by atoms with Crippen molar-refractivity contribution in [3.63, 3.8) is 0 Å². The van der Waals surface area contributed by atoms with E-state index in [0.717, 1.165) is 5.56 Å². The second kappa shape index (κ2) is 5.01. The minimum Gasteiger partial charge on any atom is -0.382 e. The average Bonchev–Trinajstić information content (AvgIpc) is 2.46. The van der Waals surface area contributed by atoms with Crippen LogP contribution >= 0.6 is 0 Å². The normalized spacial score (nSPS) is 12.5. The van der Waals surface area contributed by atoms with Gasteiger partial charge in [0, 0.05) is 5.92 Å². The van der Waals surface area contributed by atoms with Crippen LogP contribution < -0.4 is 11.5 Å². The van der Waals surface area contributed by atoms with Crippen LogP contribution in [0.5, 0.6) is 0 Å². The first kappa shape index (κ1) is 13.3. The van der Waals surface area contributed by atoms with Gasteiger partial charge in [-0.25, -0.2) is 0 Å². The zero-order valence-corrected chi connectivity index (χ0v) is 12.0. The van der Waals surface area contributed by atoms with Crippen LogP contribution in [0.2, 0.25) is 0 Å². The highest BCUT2D eigenvalue weighted by Gasteiger charge is 2.15. The Morgan fingerprint density at radius 1 is 0.952 bits per heavy atom. The van der Waals surface area contributed by atoms with Gasteiger partial charge in [0.05, 0.1) is 0 Å². The van der Waals surface area contributed by atoms with Gasteiger partial charge in [-0.1, -0.05) is 48.9 Å². The number of rotatable bonds is 2. The van der Waals surface area contributed by atoms with E-state index in [-0.39, 0.29) is 11.9 Å². The summed E-state index contributed by atoms with van der Waals surface area (Å²) in [5.41, 5.74) is 14.4. The lowest BCUT2D eigenvalue weighted by Crippen LogP contribution is -2.10. The molecule has 5 heteroatoms. The van der Waals surface area contributed by atoms with Gasteiger partial charge in [0.1, 0.15) is 5.69 Å². The summed E-state index contributed by atoms with van der Waals surface area (Å²) in [6.45, 7) is 4.12. The van der Waals surface area contributed by atoms with Crippen molar-refractivity contribution < 1.29 is 0 Å². The van der Waals surface area contributed by atoms with Crippen molar-refractivity contribution in [1.82, 2.24) is 15.2 Å². The Morgan fingerprint density at radius 2 is 1.67 bits per heavy atom. The molecule has 1 unspecified atom stereocenters. The van der Waals surface area contributed by atoms with Crippen LogP contribution in [-0.4, -0.2) is 15.2 Å². The first-order chi connectivity index (χ1) is 10.0. The van der Waals surface area contributed by atoms with Gasteiger partial charge in [0.15, 0.2) is 5.82 Å². The molecule has 3 rings (SSSR count). The smallest absolute Gasteiger partial charge is 0.242 e. The summed E-state index contributed by atoms with van der Waals surface area (Å²) in [6.07, 6.45) is 0. The van der Waals surface area contributed by atoms with E-state index in [4.69, 9.17) is 11.5 Å². The molecule has 0 bridgehead atoms. The molecule has 0 fully saturated rings. The van der Waals surface area contributed by atoms with Gasteiger partial charge in [-0.15, -0.1) is 10.2 Å². The standard InChI is InChI=1S/C16H17N5/c1-9-3-4-13-8-11(5-6-12(13)7-9)10(2)14-15(17)19-16(18)21-20-14/h3-8,10H,1-2H3,(H4,17,18,19,21). The van der Waals surface area contributed by atoms with Gasteiger partial charge >= 0.3 is 0 Å². The van der Waals surface area contributed by atoms with Crippen molar-refractivity contribution in [3.8, 4) is 0 Å². The highest BCUT2D eigenvalue weighted by Crippen LogP contribution is 2.28. The lowest BCUT2D eigenvalue weighted by atomic mass is 9.94. The fourth-order valence-electron chi connectivity index (χ4n) is 2.48. The summed E-state index contributed by atoms with van der Waals surface area (Å²) < 4.78 is 0. The summed E-state index contributed by atoms with van der Waals surface area (Å²) >= 11 is 0. The number of hydrogen-bond acceptors (Lipinski definition) is 5. The number of nitrogen functional groups attached to an aromatic ring is 2. The minimum absolute atomic E-state index is 0.0105. The van der Waals surface area contributed by atoms with Crippen molar-refractivity contribution >= 4 is 22.5 Å². The molecule has 106 valence electrons. The molecule has 3 aromatic rings. The topological polar surface area (TPSA) is 90.7 Å².